The second kappa shape index (κ2) is 5.32. The lowest BCUT2D eigenvalue weighted by Gasteiger charge is -2.22. The van der Waals surface area contributed by atoms with Crippen LogP contribution in [0.3, 0.4) is 0 Å². The zero-order valence-electron chi connectivity index (χ0n) is 9.64. The van der Waals surface area contributed by atoms with Crippen molar-refractivity contribution < 1.29 is 14.6 Å². The Labute approximate surface area is 90.6 Å². The molecule has 1 fully saturated rings. The second-order valence-electron chi connectivity index (χ2n) is 4.25. The van der Waals surface area contributed by atoms with E-state index >= 15 is 0 Å². The van der Waals surface area contributed by atoms with Gasteiger partial charge in [0.15, 0.2) is 0 Å². The summed E-state index contributed by atoms with van der Waals surface area (Å²) >= 11 is 0. The maximum Gasteiger partial charge on any atom is 0.409 e. The van der Waals surface area contributed by atoms with Crippen LogP contribution in [-0.4, -0.2) is 67.4 Å². The van der Waals surface area contributed by atoms with Gasteiger partial charge in [-0.3, -0.25) is 0 Å². The summed E-state index contributed by atoms with van der Waals surface area (Å²) in [6.07, 6.45) is -0.319. The van der Waals surface area contributed by atoms with E-state index in [2.05, 4.69) is 11.8 Å². The maximum absolute atomic E-state index is 11.5. The van der Waals surface area contributed by atoms with E-state index in [1.165, 1.54) is 0 Å². The highest BCUT2D eigenvalue weighted by atomic mass is 16.6. The lowest BCUT2D eigenvalue weighted by atomic mass is 10.1. The lowest BCUT2D eigenvalue weighted by molar-refractivity contribution is 0.0886. The molecule has 5 heteroatoms. The van der Waals surface area contributed by atoms with Gasteiger partial charge in [0, 0.05) is 19.1 Å². The number of likely N-dealkylation sites (N-methyl/N-ethyl adjacent to an activating group) is 1. The van der Waals surface area contributed by atoms with Crippen molar-refractivity contribution in [3.05, 3.63) is 0 Å². The standard InChI is InChI=1S/C10H20N2O3/c1-8-6-12(7-9(8)11(2)3)10(14)15-5-4-13/h8-9,13H,4-7H2,1-3H3. The third-order valence-corrected chi connectivity index (χ3v) is 2.81. The van der Waals surface area contributed by atoms with Crippen molar-refractivity contribution in [2.75, 3.05) is 40.4 Å². The molecule has 0 bridgehead atoms. The maximum atomic E-state index is 11.5. The zero-order chi connectivity index (χ0) is 11.4. The molecular formula is C10H20N2O3. The molecule has 1 aliphatic heterocycles. The highest BCUT2D eigenvalue weighted by molar-refractivity contribution is 5.68. The van der Waals surface area contributed by atoms with Crippen molar-refractivity contribution in [2.45, 2.75) is 13.0 Å². The fourth-order valence-electron chi connectivity index (χ4n) is 2.00. The van der Waals surface area contributed by atoms with Gasteiger partial charge in [-0.2, -0.15) is 0 Å². The summed E-state index contributed by atoms with van der Waals surface area (Å²) in [7, 11) is 4.04. The van der Waals surface area contributed by atoms with E-state index in [4.69, 9.17) is 9.84 Å². The van der Waals surface area contributed by atoms with Crippen LogP contribution in [0, 0.1) is 5.92 Å². The minimum atomic E-state index is -0.319. The Balaban J connectivity index is 2.43. The molecule has 2 unspecified atom stereocenters. The molecule has 15 heavy (non-hydrogen) atoms. The molecule has 0 aromatic carbocycles. The van der Waals surface area contributed by atoms with Crippen LogP contribution in [0.5, 0.6) is 0 Å². The number of rotatable bonds is 3. The molecule has 1 N–H and O–H groups in total. The monoisotopic (exact) mass is 216 g/mol. The average Bonchev–Trinajstić information content (AvgIpc) is 2.56. The van der Waals surface area contributed by atoms with Gasteiger partial charge < -0.3 is 19.6 Å². The number of nitrogens with zero attached hydrogens (tertiary/aromatic N) is 2. The summed E-state index contributed by atoms with van der Waals surface area (Å²) in [6.45, 7) is 3.53. The largest absolute Gasteiger partial charge is 0.447 e. The quantitative estimate of drug-likeness (QED) is 0.721. The molecule has 1 aliphatic rings. The van der Waals surface area contributed by atoms with Gasteiger partial charge in [0.05, 0.1) is 6.61 Å². The van der Waals surface area contributed by atoms with Gasteiger partial charge in [-0.05, 0) is 20.0 Å². The summed E-state index contributed by atoms with van der Waals surface area (Å²) in [4.78, 5) is 15.3. The Kier molecular flexibility index (Phi) is 4.35. The molecule has 0 saturated carbocycles. The number of hydrogen-bond acceptors (Lipinski definition) is 4. The van der Waals surface area contributed by atoms with Crippen molar-refractivity contribution in [3.8, 4) is 0 Å². The number of hydrogen-bond donors (Lipinski definition) is 1. The molecule has 2 atom stereocenters. The Bertz CT molecular complexity index is 221. The molecule has 1 rings (SSSR count). The minimum absolute atomic E-state index is 0.0797. The predicted molar refractivity (Wildman–Crippen MR) is 56.6 cm³/mol. The van der Waals surface area contributed by atoms with Crippen molar-refractivity contribution in [1.82, 2.24) is 9.80 Å². The molecule has 1 saturated heterocycles. The van der Waals surface area contributed by atoms with E-state index in [0.29, 0.717) is 18.5 Å². The predicted octanol–water partition coefficient (Wildman–Crippen LogP) is -0.00280. The number of likely N-dealkylation sites (tertiary alicyclic amines) is 1. The zero-order valence-corrected chi connectivity index (χ0v) is 9.64. The van der Waals surface area contributed by atoms with E-state index in [1.807, 2.05) is 14.1 Å². The molecule has 0 aliphatic carbocycles. The van der Waals surface area contributed by atoms with Gasteiger partial charge in [0.25, 0.3) is 0 Å². The molecule has 5 nitrogen and oxygen atoms in total. The van der Waals surface area contributed by atoms with Crippen LogP contribution in [0.25, 0.3) is 0 Å². The normalized spacial score (nSPS) is 26.1. The van der Waals surface area contributed by atoms with E-state index in [1.54, 1.807) is 4.90 Å². The van der Waals surface area contributed by atoms with Crippen molar-refractivity contribution in [3.63, 3.8) is 0 Å². The molecule has 1 heterocycles. The highest BCUT2D eigenvalue weighted by Crippen LogP contribution is 2.20. The van der Waals surface area contributed by atoms with E-state index in [9.17, 15) is 4.79 Å². The van der Waals surface area contributed by atoms with Gasteiger partial charge in [0.1, 0.15) is 6.61 Å². The van der Waals surface area contributed by atoms with E-state index < -0.39 is 0 Å². The van der Waals surface area contributed by atoms with Gasteiger partial charge in [0.2, 0.25) is 0 Å². The molecule has 0 spiro atoms. The fraction of sp³-hybridized carbons (Fsp3) is 0.900. The van der Waals surface area contributed by atoms with Gasteiger partial charge in [-0.15, -0.1) is 0 Å². The summed E-state index contributed by atoms with van der Waals surface area (Å²) < 4.78 is 4.87. The highest BCUT2D eigenvalue weighted by Gasteiger charge is 2.34. The van der Waals surface area contributed by atoms with Crippen LogP contribution >= 0.6 is 0 Å². The molecule has 0 radical (unpaired) electrons. The summed E-state index contributed by atoms with van der Waals surface area (Å²) in [5.41, 5.74) is 0. The Morgan fingerprint density at radius 2 is 2.20 bits per heavy atom. The molecule has 88 valence electrons. The van der Waals surface area contributed by atoms with Gasteiger partial charge in [-0.25, -0.2) is 4.79 Å². The first kappa shape index (κ1) is 12.3. The smallest absolute Gasteiger partial charge is 0.409 e. The topological polar surface area (TPSA) is 53.0 Å². The Morgan fingerprint density at radius 3 is 2.67 bits per heavy atom. The average molecular weight is 216 g/mol. The summed E-state index contributed by atoms with van der Waals surface area (Å²) in [5.74, 6) is 0.460. The second-order valence-corrected chi connectivity index (χ2v) is 4.25. The Morgan fingerprint density at radius 1 is 1.53 bits per heavy atom. The first-order valence-electron chi connectivity index (χ1n) is 5.25. The van der Waals surface area contributed by atoms with Gasteiger partial charge >= 0.3 is 6.09 Å². The minimum Gasteiger partial charge on any atom is -0.447 e. The van der Waals surface area contributed by atoms with E-state index in [-0.39, 0.29) is 19.3 Å². The van der Waals surface area contributed by atoms with Crippen LogP contribution in [0.15, 0.2) is 0 Å². The first-order chi connectivity index (χ1) is 7.06. The van der Waals surface area contributed by atoms with Crippen LogP contribution in [-0.2, 0) is 4.74 Å². The van der Waals surface area contributed by atoms with Crippen molar-refractivity contribution in [2.24, 2.45) is 5.92 Å². The van der Waals surface area contributed by atoms with E-state index in [0.717, 1.165) is 6.54 Å². The molecule has 0 aromatic rings. The van der Waals surface area contributed by atoms with Crippen LogP contribution in [0.2, 0.25) is 0 Å². The number of amides is 1. The Hall–Kier alpha value is -0.810. The first-order valence-corrected chi connectivity index (χ1v) is 5.25. The van der Waals surface area contributed by atoms with Crippen LogP contribution < -0.4 is 0 Å². The number of aliphatic hydroxyl groups is 1. The third kappa shape index (κ3) is 3.07. The van der Waals surface area contributed by atoms with Gasteiger partial charge in [-0.1, -0.05) is 6.92 Å². The van der Waals surface area contributed by atoms with Crippen LogP contribution in [0.1, 0.15) is 6.92 Å². The summed E-state index contributed by atoms with van der Waals surface area (Å²) in [6, 6.07) is 0.395. The third-order valence-electron chi connectivity index (χ3n) is 2.81. The van der Waals surface area contributed by atoms with Crippen LogP contribution in [0.4, 0.5) is 4.79 Å². The lowest BCUT2D eigenvalue weighted by Crippen LogP contribution is -2.36. The van der Waals surface area contributed by atoms with Crippen molar-refractivity contribution in [1.29, 1.82) is 0 Å². The number of carbonyl (C=O) groups is 1. The SMILES string of the molecule is CC1CN(C(=O)OCCO)CC1N(C)C. The fourth-order valence-corrected chi connectivity index (χ4v) is 2.00. The number of carbonyl (C=O) groups excluding carboxylic acids is 1. The molecule has 0 aromatic heterocycles. The molecular weight excluding hydrogens is 196 g/mol. The number of ether oxygens (including phenoxy) is 1. The van der Waals surface area contributed by atoms with Crippen molar-refractivity contribution >= 4 is 6.09 Å². The summed E-state index contributed by atoms with van der Waals surface area (Å²) in [5, 5.41) is 8.55. The number of aliphatic hydroxyl groups excluding tert-OH is 1. The molecule has 1 amide bonds.